The molecule has 1 aromatic carbocycles. The normalized spacial score (nSPS) is 14.2. The maximum absolute atomic E-state index is 12.2. The number of nitrogens with one attached hydrogen (secondary N) is 2. The minimum absolute atomic E-state index is 0.0758. The summed E-state index contributed by atoms with van der Waals surface area (Å²) in [4.78, 5) is 23.6. The van der Waals surface area contributed by atoms with E-state index in [1.165, 1.54) is 70.6 Å². The molecule has 1 aliphatic rings. The molecule has 0 aliphatic carbocycles. The van der Waals surface area contributed by atoms with Crippen LogP contribution in [0.25, 0.3) is 0 Å². The lowest BCUT2D eigenvalue weighted by molar-refractivity contribution is -0.132. The molecule has 2 rings (SSSR count). The Morgan fingerprint density at radius 1 is 0.872 bits per heavy atom. The van der Waals surface area contributed by atoms with Crippen LogP contribution in [0.2, 0.25) is 10.0 Å². The average Bonchev–Trinajstić information content (AvgIpc) is 3.34. The number of carbonyl (C=O) groups excluding carboxylic acids is 2. The summed E-state index contributed by atoms with van der Waals surface area (Å²) < 4.78 is 10.8. The van der Waals surface area contributed by atoms with Crippen LogP contribution in [0.1, 0.15) is 121 Å². The highest BCUT2D eigenvalue weighted by molar-refractivity contribution is 6.50. The number of unbranched alkanes of at least 4 members (excludes halogenated alkanes) is 13. The quantitative estimate of drug-likeness (QED) is 0.108. The number of amides is 1. The number of hydrogen-bond donors (Lipinski definition) is 2. The number of hydrogen-bond acceptors (Lipinski definition) is 5. The zero-order valence-electron chi connectivity index (χ0n) is 24.1. The number of halogens is 2. The summed E-state index contributed by atoms with van der Waals surface area (Å²) in [6.07, 6.45) is 18.6. The van der Waals surface area contributed by atoms with Crippen LogP contribution in [-0.2, 0) is 14.1 Å². The molecule has 39 heavy (non-hydrogen) atoms. The summed E-state index contributed by atoms with van der Waals surface area (Å²) in [6.45, 7) is 6.05. The summed E-state index contributed by atoms with van der Waals surface area (Å²) in [7, 11) is -0.430. The van der Waals surface area contributed by atoms with Crippen molar-refractivity contribution in [2.24, 2.45) is 5.92 Å². The second-order valence-corrected chi connectivity index (χ2v) is 12.0. The summed E-state index contributed by atoms with van der Waals surface area (Å²) in [5, 5.41) is 7.43. The lowest BCUT2D eigenvalue weighted by atomic mass is 9.74. The van der Waals surface area contributed by atoms with Crippen molar-refractivity contribution in [1.82, 2.24) is 10.6 Å². The van der Waals surface area contributed by atoms with Crippen LogP contribution < -0.4 is 10.6 Å². The van der Waals surface area contributed by atoms with Gasteiger partial charge in [-0.1, -0.05) is 114 Å². The van der Waals surface area contributed by atoms with Crippen LogP contribution in [0.4, 0.5) is 0 Å². The third-order valence-electron chi connectivity index (χ3n) is 7.14. The van der Waals surface area contributed by atoms with Crippen molar-refractivity contribution < 1.29 is 18.9 Å². The first-order valence-corrected chi connectivity index (χ1v) is 15.9. The van der Waals surface area contributed by atoms with Crippen LogP contribution >= 0.6 is 23.2 Å². The molecule has 0 aromatic heterocycles. The predicted octanol–water partition coefficient (Wildman–Crippen LogP) is 7.79. The largest absolute Gasteiger partial charge is 0.545 e. The van der Waals surface area contributed by atoms with Gasteiger partial charge < -0.3 is 19.9 Å². The van der Waals surface area contributed by atoms with Gasteiger partial charge in [-0.3, -0.25) is 9.59 Å². The molecule has 1 amide bonds. The molecule has 0 unspecified atom stereocenters. The topological polar surface area (TPSA) is 76.7 Å². The first-order valence-electron chi connectivity index (χ1n) is 15.1. The van der Waals surface area contributed by atoms with E-state index in [-0.39, 0.29) is 24.4 Å². The van der Waals surface area contributed by atoms with E-state index in [9.17, 15) is 9.59 Å². The van der Waals surface area contributed by atoms with E-state index in [1.54, 1.807) is 18.2 Å². The lowest BCUT2D eigenvalue weighted by Crippen LogP contribution is -2.45. The summed E-state index contributed by atoms with van der Waals surface area (Å²) >= 11 is 12.0. The first kappa shape index (κ1) is 33.9. The molecule has 1 aliphatic heterocycles. The molecule has 0 saturated carbocycles. The van der Waals surface area contributed by atoms with Crippen LogP contribution in [-0.4, -0.2) is 44.6 Å². The van der Waals surface area contributed by atoms with Crippen molar-refractivity contribution in [3.63, 3.8) is 0 Å². The highest BCUT2D eigenvalue weighted by Crippen LogP contribution is 2.20. The molecule has 1 saturated heterocycles. The highest BCUT2D eigenvalue weighted by atomic mass is 35.5. The molecule has 6 nitrogen and oxygen atoms in total. The SMILES string of the molecule is CC(C)C[C@H](NCCCCCCCCCCCCCCCCNC(=O)c1cc(Cl)ccc1Cl)B1OCC(=O)O1. The molecule has 2 N–H and O–H groups in total. The maximum Gasteiger partial charge on any atom is 0.545 e. The van der Waals surface area contributed by atoms with Crippen LogP contribution in [0, 0.1) is 5.92 Å². The number of rotatable bonds is 22. The Hall–Kier alpha value is -1.28. The third-order valence-corrected chi connectivity index (χ3v) is 7.70. The van der Waals surface area contributed by atoms with Gasteiger partial charge in [-0.25, -0.2) is 0 Å². The zero-order chi connectivity index (χ0) is 28.3. The van der Waals surface area contributed by atoms with Gasteiger partial charge in [0.25, 0.3) is 5.91 Å². The zero-order valence-corrected chi connectivity index (χ0v) is 25.6. The van der Waals surface area contributed by atoms with Gasteiger partial charge in [-0.15, -0.1) is 0 Å². The summed E-state index contributed by atoms with van der Waals surface area (Å²) in [6, 6.07) is 4.94. The predicted molar refractivity (Wildman–Crippen MR) is 162 cm³/mol. The minimum Gasteiger partial charge on any atom is -0.507 e. The van der Waals surface area contributed by atoms with Crippen LogP contribution in [0.3, 0.4) is 0 Å². The maximum atomic E-state index is 12.2. The highest BCUT2D eigenvalue weighted by Gasteiger charge is 2.39. The number of benzene rings is 1. The van der Waals surface area contributed by atoms with Crippen molar-refractivity contribution in [2.45, 2.75) is 116 Å². The molecule has 1 fully saturated rings. The van der Waals surface area contributed by atoms with Gasteiger partial charge in [0.05, 0.1) is 16.5 Å². The van der Waals surface area contributed by atoms with Crippen molar-refractivity contribution in [1.29, 1.82) is 0 Å². The monoisotopic (exact) mass is 582 g/mol. The third kappa shape index (κ3) is 15.3. The molecule has 1 atom stereocenters. The van der Waals surface area contributed by atoms with E-state index in [0.29, 0.717) is 28.1 Å². The summed E-state index contributed by atoms with van der Waals surface area (Å²) in [5.74, 6) is 0.199. The Balaban J connectivity index is 1.32. The van der Waals surface area contributed by atoms with Crippen molar-refractivity contribution in [3.05, 3.63) is 33.8 Å². The second kappa shape index (κ2) is 20.6. The molecule has 1 aromatic rings. The Morgan fingerprint density at radius 3 is 1.92 bits per heavy atom. The molecule has 220 valence electrons. The molecular weight excluding hydrogens is 534 g/mol. The van der Waals surface area contributed by atoms with Gasteiger partial charge in [-0.05, 0) is 49.9 Å². The van der Waals surface area contributed by atoms with E-state index in [0.717, 1.165) is 32.2 Å². The van der Waals surface area contributed by atoms with E-state index < -0.39 is 7.12 Å². The number of carbonyl (C=O) groups is 2. The average molecular weight is 583 g/mol. The standard InChI is InChI=1S/C30H49BCl2N2O4/c1-24(2)21-28(31-38-23-29(36)39-31)34-19-15-13-11-9-7-5-3-4-6-8-10-12-14-16-20-35-30(37)26-22-25(32)17-18-27(26)33/h17-18,22,24,28,34H,3-16,19-21,23H2,1-2H3,(H,35,37)/t28-/m0/s1. The van der Waals surface area contributed by atoms with Crippen molar-refractivity contribution >= 4 is 42.2 Å². The molecule has 0 radical (unpaired) electrons. The molecule has 0 spiro atoms. The van der Waals surface area contributed by atoms with Gasteiger partial charge >= 0.3 is 13.1 Å². The fourth-order valence-corrected chi connectivity index (χ4v) is 5.35. The molecule has 1 heterocycles. The van der Waals surface area contributed by atoms with E-state index in [4.69, 9.17) is 32.5 Å². The van der Waals surface area contributed by atoms with Gasteiger partial charge in [0.1, 0.15) is 6.61 Å². The Kier molecular flexibility index (Phi) is 17.9. The fraction of sp³-hybridized carbons (Fsp3) is 0.733. The summed E-state index contributed by atoms with van der Waals surface area (Å²) in [5.41, 5.74) is 0.439. The van der Waals surface area contributed by atoms with E-state index in [2.05, 4.69) is 24.5 Å². The van der Waals surface area contributed by atoms with Gasteiger partial charge in [0.15, 0.2) is 0 Å². The smallest absolute Gasteiger partial charge is 0.507 e. The Bertz CT molecular complexity index is 843. The van der Waals surface area contributed by atoms with Crippen molar-refractivity contribution in [3.8, 4) is 0 Å². The fourth-order valence-electron chi connectivity index (χ4n) is 4.97. The van der Waals surface area contributed by atoms with Gasteiger partial charge in [0.2, 0.25) is 0 Å². The Morgan fingerprint density at radius 2 is 1.41 bits per heavy atom. The van der Waals surface area contributed by atoms with Crippen LogP contribution in [0.5, 0.6) is 0 Å². The van der Waals surface area contributed by atoms with E-state index in [1.807, 2.05) is 0 Å². The van der Waals surface area contributed by atoms with E-state index >= 15 is 0 Å². The molecular formula is C30H49BCl2N2O4. The lowest BCUT2D eigenvalue weighted by Gasteiger charge is -2.21. The van der Waals surface area contributed by atoms with Gasteiger partial charge in [0, 0.05) is 11.6 Å². The molecule has 0 bridgehead atoms. The van der Waals surface area contributed by atoms with Crippen molar-refractivity contribution in [2.75, 3.05) is 19.7 Å². The first-order chi connectivity index (χ1) is 18.9. The second-order valence-electron chi connectivity index (χ2n) is 11.2. The van der Waals surface area contributed by atoms with Crippen LogP contribution in [0.15, 0.2) is 18.2 Å². The molecule has 9 heteroatoms. The Labute approximate surface area is 246 Å². The van der Waals surface area contributed by atoms with Gasteiger partial charge in [-0.2, -0.15) is 0 Å². The minimum atomic E-state index is -0.430.